The van der Waals surface area contributed by atoms with E-state index in [2.05, 4.69) is 0 Å². The third kappa shape index (κ3) is 2.16. The highest BCUT2D eigenvalue weighted by Crippen LogP contribution is 2.26. The first-order valence-electron chi connectivity index (χ1n) is 4.51. The van der Waals surface area contributed by atoms with E-state index in [-0.39, 0.29) is 11.5 Å². The summed E-state index contributed by atoms with van der Waals surface area (Å²) in [5.41, 5.74) is 5.53. The molecule has 0 amide bonds. The molecule has 1 aliphatic heterocycles. The number of hydrogen-bond acceptors (Lipinski definition) is 4. The second-order valence-electron chi connectivity index (χ2n) is 3.96. The summed E-state index contributed by atoms with van der Waals surface area (Å²) in [4.78, 5) is 1.17. The Labute approximate surface area is 87.9 Å². The van der Waals surface area contributed by atoms with E-state index in [0.717, 1.165) is 0 Å². The fourth-order valence-electron chi connectivity index (χ4n) is 1.84. The van der Waals surface area contributed by atoms with Gasteiger partial charge in [0.05, 0.1) is 11.5 Å². The zero-order chi connectivity index (χ0) is 10.2. The van der Waals surface area contributed by atoms with Gasteiger partial charge in [0.15, 0.2) is 9.84 Å². The Balaban J connectivity index is 2.12. The van der Waals surface area contributed by atoms with Crippen molar-refractivity contribution in [2.45, 2.75) is 18.4 Å². The Hall–Kier alpha value is -0.390. The Morgan fingerprint density at radius 2 is 2.36 bits per heavy atom. The fraction of sp³-hybridized carbons (Fsp3) is 0.556. The lowest BCUT2D eigenvalue weighted by Gasteiger charge is -2.20. The van der Waals surface area contributed by atoms with Crippen molar-refractivity contribution in [1.29, 1.82) is 0 Å². The van der Waals surface area contributed by atoms with Gasteiger partial charge in [-0.15, -0.1) is 11.3 Å². The summed E-state index contributed by atoms with van der Waals surface area (Å²) >= 11 is 1.63. The fourth-order valence-corrected chi connectivity index (χ4v) is 4.68. The van der Waals surface area contributed by atoms with E-state index < -0.39 is 15.4 Å². The van der Waals surface area contributed by atoms with Gasteiger partial charge in [-0.05, 0) is 17.9 Å². The molecule has 2 rings (SSSR count). The molecule has 0 aromatic carbocycles. The average molecular weight is 231 g/mol. The van der Waals surface area contributed by atoms with E-state index in [1.807, 2.05) is 17.5 Å². The van der Waals surface area contributed by atoms with Crippen LogP contribution in [0.2, 0.25) is 0 Å². The number of rotatable bonds is 2. The van der Waals surface area contributed by atoms with Crippen LogP contribution in [-0.2, 0) is 16.3 Å². The largest absolute Gasteiger partial charge is 0.324 e. The van der Waals surface area contributed by atoms with Crippen LogP contribution < -0.4 is 5.73 Å². The molecule has 0 saturated carbocycles. The summed E-state index contributed by atoms with van der Waals surface area (Å²) in [6.07, 6.45) is 1.27. The lowest BCUT2D eigenvalue weighted by Crippen LogP contribution is -2.42. The lowest BCUT2D eigenvalue weighted by molar-refractivity contribution is 0.480. The van der Waals surface area contributed by atoms with Gasteiger partial charge in [-0.1, -0.05) is 6.07 Å². The van der Waals surface area contributed by atoms with E-state index in [1.165, 1.54) is 4.88 Å². The zero-order valence-corrected chi connectivity index (χ0v) is 9.40. The SMILES string of the molecule is NC1(Cc2cccs2)CCS(=O)(=O)C1. The minimum Gasteiger partial charge on any atom is -0.324 e. The Kier molecular flexibility index (Phi) is 2.41. The normalized spacial score (nSPS) is 30.6. The van der Waals surface area contributed by atoms with E-state index >= 15 is 0 Å². The summed E-state index contributed by atoms with van der Waals surface area (Å²) in [6.45, 7) is 0. The minimum absolute atomic E-state index is 0.137. The van der Waals surface area contributed by atoms with Crippen LogP contribution >= 0.6 is 11.3 Å². The van der Waals surface area contributed by atoms with Crippen LogP contribution in [0.3, 0.4) is 0 Å². The quantitative estimate of drug-likeness (QED) is 0.819. The molecule has 5 heteroatoms. The van der Waals surface area contributed by atoms with Crippen LogP contribution in [0.5, 0.6) is 0 Å². The summed E-state index contributed by atoms with van der Waals surface area (Å²) in [5.74, 6) is 0.382. The monoisotopic (exact) mass is 231 g/mol. The topological polar surface area (TPSA) is 60.2 Å². The molecule has 78 valence electrons. The van der Waals surface area contributed by atoms with Gasteiger partial charge in [0.25, 0.3) is 0 Å². The van der Waals surface area contributed by atoms with Crippen LogP contribution in [0.25, 0.3) is 0 Å². The molecule has 1 aliphatic rings. The predicted molar refractivity (Wildman–Crippen MR) is 58.2 cm³/mol. The molecule has 3 nitrogen and oxygen atoms in total. The van der Waals surface area contributed by atoms with Crippen LogP contribution in [0.4, 0.5) is 0 Å². The van der Waals surface area contributed by atoms with Crippen LogP contribution in [0, 0.1) is 0 Å². The highest BCUT2D eigenvalue weighted by Gasteiger charge is 2.39. The van der Waals surface area contributed by atoms with Crippen molar-refractivity contribution < 1.29 is 8.42 Å². The summed E-state index contributed by atoms with van der Waals surface area (Å²) in [6, 6.07) is 3.97. The van der Waals surface area contributed by atoms with Crippen LogP contribution in [0.1, 0.15) is 11.3 Å². The Morgan fingerprint density at radius 3 is 2.86 bits per heavy atom. The van der Waals surface area contributed by atoms with Crippen LogP contribution in [0.15, 0.2) is 17.5 Å². The summed E-state index contributed by atoms with van der Waals surface area (Å²) in [7, 11) is -2.88. The van der Waals surface area contributed by atoms with Crippen molar-refractivity contribution in [1.82, 2.24) is 0 Å². The van der Waals surface area contributed by atoms with Gasteiger partial charge in [0.2, 0.25) is 0 Å². The first-order valence-corrected chi connectivity index (χ1v) is 7.21. The van der Waals surface area contributed by atoms with Crippen molar-refractivity contribution in [3.05, 3.63) is 22.4 Å². The third-order valence-corrected chi connectivity index (χ3v) is 5.24. The maximum absolute atomic E-state index is 11.3. The van der Waals surface area contributed by atoms with E-state index in [1.54, 1.807) is 11.3 Å². The lowest BCUT2D eigenvalue weighted by atomic mass is 9.95. The maximum atomic E-state index is 11.3. The van der Waals surface area contributed by atoms with Gasteiger partial charge in [-0.2, -0.15) is 0 Å². The van der Waals surface area contributed by atoms with Gasteiger partial charge in [0.1, 0.15) is 0 Å². The molecule has 1 fully saturated rings. The molecule has 1 saturated heterocycles. The van der Waals surface area contributed by atoms with E-state index in [4.69, 9.17) is 5.73 Å². The predicted octanol–water partition coefficient (Wildman–Crippen LogP) is 0.807. The van der Waals surface area contributed by atoms with Crippen molar-refractivity contribution in [3.8, 4) is 0 Å². The second-order valence-corrected chi connectivity index (χ2v) is 7.18. The Morgan fingerprint density at radius 1 is 1.57 bits per heavy atom. The van der Waals surface area contributed by atoms with Crippen LogP contribution in [-0.4, -0.2) is 25.5 Å². The Bertz CT molecular complexity index is 410. The number of hydrogen-bond donors (Lipinski definition) is 1. The van der Waals surface area contributed by atoms with Crippen molar-refractivity contribution >= 4 is 21.2 Å². The molecule has 0 aliphatic carbocycles. The molecule has 1 unspecified atom stereocenters. The van der Waals surface area contributed by atoms with Crippen molar-refractivity contribution in [2.75, 3.05) is 11.5 Å². The molecule has 0 spiro atoms. The minimum atomic E-state index is -2.88. The molecule has 0 radical (unpaired) electrons. The smallest absolute Gasteiger partial charge is 0.152 e. The van der Waals surface area contributed by atoms with E-state index in [0.29, 0.717) is 12.8 Å². The van der Waals surface area contributed by atoms with Gasteiger partial charge >= 0.3 is 0 Å². The number of sulfone groups is 1. The standard InChI is InChI=1S/C9H13NO2S2/c10-9(3-5-14(11,12)7-9)6-8-2-1-4-13-8/h1-2,4H,3,5-7,10H2. The molecular weight excluding hydrogens is 218 g/mol. The summed E-state index contributed by atoms with van der Waals surface area (Å²) in [5, 5.41) is 1.99. The first kappa shape index (κ1) is 10.1. The molecular formula is C9H13NO2S2. The molecule has 1 aromatic heterocycles. The molecule has 1 aromatic rings. The summed E-state index contributed by atoms with van der Waals surface area (Å²) < 4.78 is 22.6. The van der Waals surface area contributed by atoms with Gasteiger partial charge in [0, 0.05) is 16.8 Å². The first-order chi connectivity index (χ1) is 6.49. The van der Waals surface area contributed by atoms with Crippen molar-refractivity contribution in [2.24, 2.45) is 5.73 Å². The highest BCUT2D eigenvalue weighted by atomic mass is 32.2. The zero-order valence-electron chi connectivity index (χ0n) is 7.77. The molecule has 1 atom stereocenters. The molecule has 14 heavy (non-hydrogen) atoms. The van der Waals surface area contributed by atoms with Crippen molar-refractivity contribution in [3.63, 3.8) is 0 Å². The highest BCUT2D eigenvalue weighted by molar-refractivity contribution is 7.91. The number of nitrogens with two attached hydrogens (primary N) is 1. The van der Waals surface area contributed by atoms with Gasteiger partial charge in [-0.25, -0.2) is 8.42 Å². The molecule has 0 bridgehead atoms. The third-order valence-electron chi connectivity index (χ3n) is 2.52. The maximum Gasteiger partial charge on any atom is 0.152 e. The number of thiophene rings is 1. The molecule has 2 N–H and O–H groups in total. The average Bonchev–Trinajstić information content (AvgIpc) is 2.60. The van der Waals surface area contributed by atoms with Gasteiger partial charge in [-0.3, -0.25) is 0 Å². The second kappa shape index (κ2) is 3.32. The molecule has 2 heterocycles. The van der Waals surface area contributed by atoms with Gasteiger partial charge < -0.3 is 5.73 Å². The van der Waals surface area contributed by atoms with E-state index in [9.17, 15) is 8.42 Å².